The standard InChI is InChI=1S/C12H22ClNO/c1-4-10(2)9-15-12(11(3)13)14-7-5-6-8-14/h4,10-12H,1,5-9H2,2-3H3. The van der Waals surface area contributed by atoms with Crippen LogP contribution >= 0.6 is 11.6 Å². The normalized spacial score (nSPS) is 23.7. The first-order valence-corrected chi connectivity index (χ1v) is 6.21. The Kier molecular flexibility index (Phi) is 5.65. The highest BCUT2D eigenvalue weighted by molar-refractivity contribution is 6.20. The summed E-state index contributed by atoms with van der Waals surface area (Å²) in [6, 6.07) is 0. The molecule has 88 valence electrons. The zero-order chi connectivity index (χ0) is 11.3. The van der Waals surface area contributed by atoms with Gasteiger partial charge in [-0.1, -0.05) is 13.0 Å². The average Bonchev–Trinajstić information content (AvgIpc) is 2.70. The van der Waals surface area contributed by atoms with Crippen LogP contribution in [0, 0.1) is 5.92 Å². The number of hydrogen-bond donors (Lipinski definition) is 0. The molecule has 0 amide bonds. The Labute approximate surface area is 98.2 Å². The molecule has 0 spiro atoms. The Balaban J connectivity index is 2.39. The number of nitrogens with zero attached hydrogens (tertiary/aromatic N) is 1. The van der Waals surface area contributed by atoms with Crippen molar-refractivity contribution < 1.29 is 4.74 Å². The van der Waals surface area contributed by atoms with Crippen molar-refractivity contribution in [2.24, 2.45) is 5.92 Å². The van der Waals surface area contributed by atoms with Gasteiger partial charge in [0.05, 0.1) is 12.0 Å². The van der Waals surface area contributed by atoms with Gasteiger partial charge >= 0.3 is 0 Å². The molecular weight excluding hydrogens is 210 g/mol. The predicted molar refractivity (Wildman–Crippen MR) is 65.2 cm³/mol. The van der Waals surface area contributed by atoms with Crippen LogP contribution in [0.4, 0.5) is 0 Å². The molecule has 0 N–H and O–H groups in total. The number of alkyl halides is 1. The molecule has 1 heterocycles. The van der Waals surface area contributed by atoms with Crippen LogP contribution in [0.15, 0.2) is 12.7 Å². The van der Waals surface area contributed by atoms with Crippen molar-refractivity contribution >= 4 is 11.6 Å². The summed E-state index contributed by atoms with van der Waals surface area (Å²) in [7, 11) is 0. The van der Waals surface area contributed by atoms with E-state index in [-0.39, 0.29) is 11.6 Å². The van der Waals surface area contributed by atoms with Gasteiger partial charge in [0.2, 0.25) is 0 Å². The molecule has 1 rings (SSSR count). The Hall–Kier alpha value is -0.0500. The Morgan fingerprint density at radius 3 is 2.47 bits per heavy atom. The minimum Gasteiger partial charge on any atom is -0.361 e. The summed E-state index contributed by atoms with van der Waals surface area (Å²) in [5.41, 5.74) is 0. The lowest BCUT2D eigenvalue weighted by Gasteiger charge is -2.30. The quantitative estimate of drug-likeness (QED) is 0.515. The molecule has 1 saturated heterocycles. The van der Waals surface area contributed by atoms with Gasteiger partial charge in [0.25, 0.3) is 0 Å². The lowest BCUT2D eigenvalue weighted by atomic mass is 10.2. The van der Waals surface area contributed by atoms with Crippen LogP contribution in [-0.2, 0) is 4.74 Å². The highest BCUT2D eigenvalue weighted by Gasteiger charge is 2.26. The van der Waals surface area contributed by atoms with E-state index >= 15 is 0 Å². The molecule has 0 aromatic heterocycles. The zero-order valence-electron chi connectivity index (χ0n) is 9.79. The summed E-state index contributed by atoms with van der Waals surface area (Å²) in [6.45, 7) is 10.8. The van der Waals surface area contributed by atoms with E-state index in [1.54, 1.807) is 0 Å². The van der Waals surface area contributed by atoms with Gasteiger partial charge in [-0.3, -0.25) is 4.90 Å². The van der Waals surface area contributed by atoms with Crippen molar-refractivity contribution in [2.45, 2.75) is 38.3 Å². The van der Waals surface area contributed by atoms with Crippen LogP contribution < -0.4 is 0 Å². The van der Waals surface area contributed by atoms with E-state index in [4.69, 9.17) is 16.3 Å². The fourth-order valence-corrected chi connectivity index (χ4v) is 2.08. The van der Waals surface area contributed by atoms with Crippen LogP contribution in [-0.4, -0.2) is 36.2 Å². The van der Waals surface area contributed by atoms with Crippen LogP contribution in [0.5, 0.6) is 0 Å². The van der Waals surface area contributed by atoms with Gasteiger partial charge in [0.1, 0.15) is 6.23 Å². The molecule has 1 fully saturated rings. The summed E-state index contributed by atoms with van der Waals surface area (Å²) in [4.78, 5) is 2.34. The van der Waals surface area contributed by atoms with E-state index < -0.39 is 0 Å². The fraction of sp³-hybridized carbons (Fsp3) is 0.833. The van der Waals surface area contributed by atoms with E-state index in [1.165, 1.54) is 12.8 Å². The topological polar surface area (TPSA) is 12.5 Å². The predicted octanol–water partition coefficient (Wildman–Crippen LogP) is 2.87. The Morgan fingerprint density at radius 2 is 2.00 bits per heavy atom. The maximum atomic E-state index is 6.16. The van der Waals surface area contributed by atoms with Crippen molar-refractivity contribution in [1.29, 1.82) is 0 Å². The summed E-state index contributed by atoms with van der Waals surface area (Å²) in [5, 5.41) is 0.0418. The summed E-state index contributed by atoms with van der Waals surface area (Å²) >= 11 is 6.16. The maximum absolute atomic E-state index is 6.16. The minimum atomic E-state index is 0.0418. The van der Waals surface area contributed by atoms with Gasteiger partial charge in [-0.15, -0.1) is 18.2 Å². The van der Waals surface area contributed by atoms with Crippen molar-refractivity contribution in [2.75, 3.05) is 19.7 Å². The smallest absolute Gasteiger partial charge is 0.126 e. The lowest BCUT2D eigenvalue weighted by molar-refractivity contribution is -0.0553. The summed E-state index contributed by atoms with van der Waals surface area (Å²) < 4.78 is 5.86. The molecule has 1 aliphatic heterocycles. The second-order valence-corrected chi connectivity index (χ2v) is 5.05. The first-order valence-electron chi connectivity index (χ1n) is 5.77. The third kappa shape index (κ3) is 4.13. The molecule has 3 unspecified atom stereocenters. The van der Waals surface area contributed by atoms with Crippen molar-refractivity contribution in [3.63, 3.8) is 0 Å². The molecule has 0 aliphatic carbocycles. The van der Waals surface area contributed by atoms with E-state index in [0.717, 1.165) is 13.1 Å². The second kappa shape index (κ2) is 6.51. The number of halogens is 1. The van der Waals surface area contributed by atoms with Gasteiger partial charge in [-0.25, -0.2) is 0 Å². The molecule has 2 nitrogen and oxygen atoms in total. The number of rotatable bonds is 6. The van der Waals surface area contributed by atoms with Gasteiger partial charge < -0.3 is 4.74 Å². The van der Waals surface area contributed by atoms with Crippen molar-refractivity contribution in [3.05, 3.63) is 12.7 Å². The first-order chi connectivity index (χ1) is 7.15. The summed E-state index contributed by atoms with van der Waals surface area (Å²) in [5.74, 6) is 0.394. The average molecular weight is 232 g/mol. The second-order valence-electron chi connectivity index (χ2n) is 4.36. The van der Waals surface area contributed by atoms with Crippen molar-refractivity contribution in [1.82, 2.24) is 4.90 Å². The molecule has 0 radical (unpaired) electrons. The van der Waals surface area contributed by atoms with Crippen LogP contribution in [0.2, 0.25) is 0 Å². The molecule has 0 aromatic carbocycles. The van der Waals surface area contributed by atoms with Gasteiger partial charge in [-0.05, 0) is 25.7 Å². The Bertz CT molecular complexity index is 190. The van der Waals surface area contributed by atoms with Gasteiger partial charge in [0.15, 0.2) is 0 Å². The highest BCUT2D eigenvalue weighted by Crippen LogP contribution is 2.19. The molecule has 15 heavy (non-hydrogen) atoms. The molecule has 0 bridgehead atoms. The zero-order valence-corrected chi connectivity index (χ0v) is 10.5. The Morgan fingerprint density at radius 1 is 1.40 bits per heavy atom. The third-order valence-corrected chi connectivity index (χ3v) is 3.04. The monoisotopic (exact) mass is 231 g/mol. The van der Waals surface area contributed by atoms with E-state index in [2.05, 4.69) is 18.4 Å². The highest BCUT2D eigenvalue weighted by atomic mass is 35.5. The fourth-order valence-electron chi connectivity index (χ4n) is 1.84. The number of likely N-dealkylation sites (tertiary alicyclic amines) is 1. The van der Waals surface area contributed by atoms with E-state index in [1.807, 2.05) is 13.0 Å². The number of ether oxygens (including phenoxy) is 1. The van der Waals surface area contributed by atoms with Crippen LogP contribution in [0.25, 0.3) is 0 Å². The van der Waals surface area contributed by atoms with E-state index in [0.29, 0.717) is 12.5 Å². The lowest BCUT2D eigenvalue weighted by Crippen LogP contribution is -2.41. The molecule has 3 heteroatoms. The first kappa shape index (κ1) is 13.0. The van der Waals surface area contributed by atoms with Crippen LogP contribution in [0.3, 0.4) is 0 Å². The molecule has 1 aliphatic rings. The third-order valence-electron chi connectivity index (χ3n) is 2.83. The minimum absolute atomic E-state index is 0.0418. The van der Waals surface area contributed by atoms with E-state index in [9.17, 15) is 0 Å². The summed E-state index contributed by atoms with van der Waals surface area (Å²) in [6.07, 6.45) is 4.51. The molecule has 3 atom stereocenters. The van der Waals surface area contributed by atoms with Gasteiger partial charge in [0, 0.05) is 13.1 Å². The maximum Gasteiger partial charge on any atom is 0.126 e. The van der Waals surface area contributed by atoms with Crippen LogP contribution in [0.1, 0.15) is 26.7 Å². The molecular formula is C12H22ClNO. The molecule has 0 aromatic rings. The van der Waals surface area contributed by atoms with Gasteiger partial charge in [-0.2, -0.15) is 0 Å². The van der Waals surface area contributed by atoms with Crippen molar-refractivity contribution in [3.8, 4) is 0 Å². The molecule has 0 saturated carbocycles. The SMILES string of the molecule is C=CC(C)COC(C(C)Cl)N1CCCC1. The number of hydrogen-bond acceptors (Lipinski definition) is 2. The largest absolute Gasteiger partial charge is 0.361 e.